The van der Waals surface area contributed by atoms with Crippen LogP contribution in [-0.2, 0) is 30.1 Å². The van der Waals surface area contributed by atoms with Crippen molar-refractivity contribution in [3.8, 4) is 0 Å². The molecular weight excluding hydrogens is 740 g/mol. The van der Waals surface area contributed by atoms with E-state index in [0.29, 0.717) is 6.42 Å². The van der Waals surface area contributed by atoms with E-state index in [1.807, 2.05) is 0 Å². The van der Waals surface area contributed by atoms with Gasteiger partial charge >= 0.3 is 24.0 Å². The minimum atomic E-state index is -1.35. The second-order valence-corrected chi connectivity index (χ2v) is 12.5. The molecule has 0 bridgehead atoms. The molecule has 1 aliphatic rings. The number of nitrogens with one attached hydrogen (secondary N) is 1. The Morgan fingerprint density at radius 2 is 1.30 bits per heavy atom. The molecule has 1 aliphatic heterocycles. The van der Waals surface area contributed by atoms with E-state index in [-0.39, 0.29) is 46.0 Å². The molecule has 6 aromatic rings. The number of amides is 1. The van der Waals surface area contributed by atoms with Crippen molar-refractivity contribution in [1.29, 1.82) is 0 Å². The number of nitro groups is 1. The second kappa shape index (κ2) is 17.3. The van der Waals surface area contributed by atoms with Crippen LogP contribution in [0, 0.1) is 10.1 Å². The molecule has 1 N–H and O–H groups in total. The molecule has 1 unspecified atom stereocenters. The van der Waals surface area contributed by atoms with Gasteiger partial charge in [-0.05, 0) is 42.0 Å². The number of rotatable bonds is 13. The van der Waals surface area contributed by atoms with Gasteiger partial charge in [-0.2, -0.15) is 0 Å². The number of esters is 3. The molecular formula is C40H32N6O11. The smallest absolute Gasteiger partial charge is 0.412 e. The first-order valence-electron chi connectivity index (χ1n) is 17.5. The van der Waals surface area contributed by atoms with E-state index >= 15 is 0 Å². The average Bonchev–Trinajstić information content (AvgIpc) is 3.82. The summed E-state index contributed by atoms with van der Waals surface area (Å²) in [5.41, 5.74) is 1.60. The molecule has 0 radical (unpaired) electrons. The van der Waals surface area contributed by atoms with Crippen LogP contribution in [0.5, 0.6) is 0 Å². The van der Waals surface area contributed by atoms with Crippen LogP contribution in [0.4, 0.5) is 16.3 Å². The lowest BCUT2D eigenvalue weighted by molar-refractivity contribution is -0.384. The van der Waals surface area contributed by atoms with Crippen LogP contribution < -0.4 is 5.32 Å². The highest BCUT2D eigenvalue weighted by Gasteiger charge is 2.52. The maximum absolute atomic E-state index is 13.6. The number of nitrogens with zero attached hydrogens (tertiary/aromatic N) is 5. The third-order valence-corrected chi connectivity index (χ3v) is 8.80. The summed E-state index contributed by atoms with van der Waals surface area (Å²) in [4.78, 5) is 76.3. The summed E-state index contributed by atoms with van der Waals surface area (Å²) in [7, 11) is 0. The summed E-state index contributed by atoms with van der Waals surface area (Å²) in [5, 5.41) is 13.5. The Bertz CT molecular complexity index is 2380. The summed E-state index contributed by atoms with van der Waals surface area (Å²) in [6, 6.07) is 30.5. The van der Waals surface area contributed by atoms with Gasteiger partial charge in [0.25, 0.3) is 5.69 Å². The quantitative estimate of drug-likeness (QED) is 0.0643. The number of carbonyl (C=O) groups excluding carboxylic acids is 4. The first kappa shape index (κ1) is 37.8. The third-order valence-electron chi connectivity index (χ3n) is 8.80. The molecule has 57 heavy (non-hydrogen) atoms. The fourth-order valence-electron chi connectivity index (χ4n) is 5.99. The summed E-state index contributed by atoms with van der Waals surface area (Å²) in [5.74, 6) is -2.18. The molecule has 1 saturated heterocycles. The van der Waals surface area contributed by atoms with Crippen LogP contribution in [0.3, 0.4) is 0 Å². The molecule has 17 heteroatoms. The zero-order chi connectivity index (χ0) is 39.7. The minimum Gasteiger partial charge on any atom is -0.459 e. The number of ether oxygens (including phenoxy) is 5. The van der Waals surface area contributed by atoms with Crippen molar-refractivity contribution < 1.29 is 47.8 Å². The monoisotopic (exact) mass is 772 g/mol. The highest BCUT2D eigenvalue weighted by atomic mass is 16.7. The standard InChI is InChI=1S/C40H32N6O11/c47-37(26-10-4-1-5-11-26)54-22-30-32(56-38(48)27-12-6-2-7-13-27)33(57-39(49)28-14-8-3-9-15-28)36(55-30)45-24-43-31-34(41-23-42-35(31)45)44-40(50)53-21-20-25-16-18-29(19-17-25)46(51)52/h1-19,23-24,30,32-33,36H,20-22H2,(H,41,42,44,50)/t30-,32?,33+,36-/m1/s1. The van der Waals surface area contributed by atoms with Crippen LogP contribution in [-0.4, -0.2) is 80.0 Å². The molecule has 1 amide bonds. The SMILES string of the molecule is O=C(Nc1ncnc2c1ncn2[C@@H]1O[C@H](COC(=O)c2ccccc2)C(OC(=O)c2ccccc2)[C@@H]1OC(=O)c1ccccc1)OCCc1ccc([N+](=O)[O-])cc1. The zero-order valence-corrected chi connectivity index (χ0v) is 29.8. The summed E-state index contributed by atoms with van der Waals surface area (Å²) in [6.07, 6.45) is -3.16. The topological polar surface area (TPSA) is 213 Å². The minimum absolute atomic E-state index is 0.0182. The second-order valence-electron chi connectivity index (χ2n) is 12.5. The highest BCUT2D eigenvalue weighted by molar-refractivity contribution is 5.94. The van der Waals surface area contributed by atoms with Gasteiger partial charge in [-0.1, -0.05) is 66.7 Å². The molecule has 0 aliphatic carbocycles. The van der Waals surface area contributed by atoms with Gasteiger partial charge in [0.15, 0.2) is 35.4 Å². The number of anilines is 1. The predicted molar refractivity (Wildman–Crippen MR) is 199 cm³/mol. The predicted octanol–water partition coefficient (Wildman–Crippen LogP) is 5.73. The molecule has 17 nitrogen and oxygen atoms in total. The Morgan fingerprint density at radius 1 is 0.719 bits per heavy atom. The Labute approximate surface area is 323 Å². The Balaban J connectivity index is 1.16. The summed E-state index contributed by atoms with van der Waals surface area (Å²) >= 11 is 0. The van der Waals surface area contributed by atoms with Crippen molar-refractivity contribution >= 4 is 46.7 Å². The first-order valence-corrected chi connectivity index (χ1v) is 17.5. The maximum Gasteiger partial charge on any atom is 0.412 e. The fourth-order valence-corrected chi connectivity index (χ4v) is 5.99. The van der Waals surface area contributed by atoms with E-state index in [0.717, 1.165) is 5.56 Å². The van der Waals surface area contributed by atoms with E-state index < -0.39 is 60.1 Å². The average molecular weight is 773 g/mol. The van der Waals surface area contributed by atoms with Crippen molar-refractivity contribution in [2.24, 2.45) is 0 Å². The number of imidazole rings is 1. The van der Waals surface area contributed by atoms with E-state index in [4.69, 9.17) is 23.7 Å². The van der Waals surface area contributed by atoms with Crippen LogP contribution in [0.1, 0.15) is 42.9 Å². The normalized spacial score (nSPS) is 17.3. The summed E-state index contributed by atoms with van der Waals surface area (Å²) in [6.45, 7) is -0.452. The number of nitro benzene ring substituents is 1. The molecule has 3 heterocycles. The van der Waals surface area contributed by atoms with Crippen LogP contribution in [0.15, 0.2) is 128 Å². The number of aromatic nitrogens is 4. The van der Waals surface area contributed by atoms with Gasteiger partial charge < -0.3 is 23.7 Å². The first-order chi connectivity index (χ1) is 27.7. The number of carbonyl (C=O) groups is 4. The fraction of sp³-hybridized carbons (Fsp3) is 0.175. The number of fused-ring (bicyclic) bond motifs is 1. The Morgan fingerprint density at radius 3 is 1.89 bits per heavy atom. The van der Waals surface area contributed by atoms with E-state index in [1.54, 1.807) is 103 Å². The maximum atomic E-state index is 13.6. The molecule has 1 fully saturated rings. The van der Waals surface area contributed by atoms with E-state index in [2.05, 4.69) is 20.3 Å². The molecule has 0 saturated carbocycles. The number of hydrogen-bond acceptors (Lipinski definition) is 14. The Hall–Kier alpha value is -7.53. The van der Waals surface area contributed by atoms with Crippen LogP contribution >= 0.6 is 0 Å². The number of non-ortho nitro benzene ring substituents is 1. The van der Waals surface area contributed by atoms with Gasteiger partial charge in [-0.3, -0.25) is 20.0 Å². The number of hydrogen-bond donors (Lipinski definition) is 1. The van der Waals surface area contributed by atoms with Crippen molar-refractivity contribution in [2.45, 2.75) is 31.0 Å². The molecule has 2 aromatic heterocycles. The molecule has 4 aromatic carbocycles. The van der Waals surface area contributed by atoms with Gasteiger partial charge in [0.1, 0.15) is 19.0 Å². The van der Waals surface area contributed by atoms with Gasteiger partial charge in [0, 0.05) is 18.6 Å². The third kappa shape index (κ3) is 8.90. The van der Waals surface area contributed by atoms with Gasteiger partial charge in [0.2, 0.25) is 0 Å². The van der Waals surface area contributed by atoms with Gasteiger partial charge in [-0.15, -0.1) is 0 Å². The molecule has 288 valence electrons. The lowest BCUT2D eigenvalue weighted by Gasteiger charge is -2.25. The lowest BCUT2D eigenvalue weighted by atomic mass is 10.1. The zero-order valence-electron chi connectivity index (χ0n) is 29.8. The van der Waals surface area contributed by atoms with Gasteiger partial charge in [0.05, 0.1) is 34.5 Å². The van der Waals surface area contributed by atoms with E-state index in [9.17, 15) is 29.3 Å². The largest absolute Gasteiger partial charge is 0.459 e. The molecule has 7 rings (SSSR count). The van der Waals surface area contributed by atoms with Gasteiger partial charge in [-0.25, -0.2) is 34.1 Å². The molecule has 0 spiro atoms. The number of benzene rings is 4. The van der Waals surface area contributed by atoms with Crippen molar-refractivity contribution in [3.05, 3.63) is 160 Å². The van der Waals surface area contributed by atoms with Crippen molar-refractivity contribution in [2.75, 3.05) is 18.5 Å². The summed E-state index contributed by atoms with van der Waals surface area (Å²) < 4.78 is 30.8. The van der Waals surface area contributed by atoms with Crippen molar-refractivity contribution in [3.63, 3.8) is 0 Å². The van der Waals surface area contributed by atoms with E-state index in [1.165, 1.54) is 29.4 Å². The Kier molecular flexibility index (Phi) is 11.5. The molecule has 4 atom stereocenters. The van der Waals surface area contributed by atoms with Crippen LogP contribution in [0.25, 0.3) is 11.2 Å². The highest BCUT2D eigenvalue weighted by Crippen LogP contribution is 2.37. The lowest BCUT2D eigenvalue weighted by Crippen LogP contribution is -2.41. The van der Waals surface area contributed by atoms with Crippen molar-refractivity contribution in [1.82, 2.24) is 19.5 Å². The van der Waals surface area contributed by atoms with Crippen LogP contribution in [0.2, 0.25) is 0 Å².